The van der Waals surface area contributed by atoms with E-state index in [-0.39, 0.29) is 12.1 Å². The predicted molar refractivity (Wildman–Crippen MR) is 129 cm³/mol. The Morgan fingerprint density at radius 1 is 0.829 bits per heavy atom. The number of carbonyl (C=O) groups is 3. The Balaban J connectivity index is 1.49. The molecule has 0 aliphatic heterocycles. The number of fused-ring (bicyclic) bond motifs is 1. The highest BCUT2D eigenvalue weighted by molar-refractivity contribution is 5.98. The average molecular weight is 482 g/mol. The molecule has 0 spiro atoms. The van der Waals surface area contributed by atoms with Crippen LogP contribution in [0.4, 0.5) is 0 Å². The Morgan fingerprint density at radius 2 is 1.49 bits per heavy atom. The Labute approximate surface area is 202 Å². The normalized spacial score (nSPS) is 11.2. The first-order chi connectivity index (χ1) is 16.9. The molecule has 0 heterocycles. The Kier molecular flexibility index (Phi) is 8.33. The van der Waals surface area contributed by atoms with Gasteiger partial charge in [0.05, 0.1) is 27.9 Å². The lowest BCUT2D eigenvalue weighted by atomic mass is 10.1. The second-order valence-electron chi connectivity index (χ2n) is 7.40. The van der Waals surface area contributed by atoms with E-state index in [1.54, 1.807) is 13.0 Å². The minimum Gasteiger partial charge on any atom is -0.493 e. The van der Waals surface area contributed by atoms with Crippen LogP contribution >= 0.6 is 0 Å². The summed E-state index contributed by atoms with van der Waals surface area (Å²) in [6.07, 6.45) is -0.870. The molecule has 0 saturated carbocycles. The number of rotatable bonds is 9. The molecule has 3 amide bonds. The molecular weight excluding hydrogens is 454 g/mol. The van der Waals surface area contributed by atoms with Crippen LogP contribution in [0.3, 0.4) is 0 Å². The third kappa shape index (κ3) is 6.32. The minimum atomic E-state index is -0.870. The summed E-state index contributed by atoms with van der Waals surface area (Å²) in [7, 11) is 4.31. The Morgan fingerprint density at radius 3 is 2.11 bits per heavy atom. The lowest BCUT2D eigenvalue weighted by molar-refractivity contribution is -0.132. The summed E-state index contributed by atoms with van der Waals surface area (Å²) in [6.45, 7) is 1.18. The minimum absolute atomic E-state index is 0.203. The van der Waals surface area contributed by atoms with Gasteiger partial charge in [-0.05, 0) is 42.0 Å². The summed E-state index contributed by atoms with van der Waals surface area (Å²) in [6, 6.07) is 16.2. The number of methoxy groups -OCH3 is 3. The number of ether oxygens (including phenoxy) is 4. The van der Waals surface area contributed by atoms with Crippen LogP contribution in [0.25, 0.3) is 10.8 Å². The van der Waals surface area contributed by atoms with Gasteiger partial charge in [0.25, 0.3) is 17.7 Å². The van der Waals surface area contributed by atoms with Crippen LogP contribution in [0.2, 0.25) is 0 Å². The van der Waals surface area contributed by atoms with Crippen molar-refractivity contribution in [2.75, 3.05) is 27.9 Å². The summed E-state index contributed by atoms with van der Waals surface area (Å²) < 4.78 is 21.3. The molecule has 10 nitrogen and oxygen atoms in total. The number of hydrogen-bond acceptors (Lipinski definition) is 7. The highest BCUT2D eigenvalue weighted by atomic mass is 16.5. The summed E-state index contributed by atoms with van der Waals surface area (Å²) >= 11 is 0. The van der Waals surface area contributed by atoms with Gasteiger partial charge in [0.15, 0.2) is 17.6 Å². The van der Waals surface area contributed by atoms with Crippen molar-refractivity contribution >= 4 is 28.5 Å². The van der Waals surface area contributed by atoms with E-state index in [0.717, 1.165) is 10.8 Å². The molecule has 184 valence electrons. The van der Waals surface area contributed by atoms with Crippen molar-refractivity contribution in [1.82, 2.24) is 16.2 Å². The van der Waals surface area contributed by atoms with Gasteiger partial charge in [-0.1, -0.05) is 30.3 Å². The number of carbonyl (C=O) groups excluding carboxylic acids is 3. The van der Waals surface area contributed by atoms with E-state index in [1.165, 1.54) is 33.5 Å². The van der Waals surface area contributed by atoms with E-state index >= 15 is 0 Å². The smallest absolute Gasteiger partial charge is 0.279 e. The van der Waals surface area contributed by atoms with E-state index < -0.39 is 23.8 Å². The van der Waals surface area contributed by atoms with Crippen molar-refractivity contribution in [2.45, 2.75) is 13.0 Å². The molecule has 0 aromatic heterocycles. The quantitative estimate of drug-likeness (QED) is 0.400. The van der Waals surface area contributed by atoms with E-state index in [4.69, 9.17) is 18.9 Å². The predicted octanol–water partition coefficient (Wildman–Crippen LogP) is 2.21. The van der Waals surface area contributed by atoms with Gasteiger partial charge in [-0.2, -0.15) is 0 Å². The molecule has 3 N–H and O–H groups in total. The molecular formula is C25H27N3O7. The van der Waals surface area contributed by atoms with Crippen LogP contribution in [0.5, 0.6) is 23.0 Å². The van der Waals surface area contributed by atoms with Gasteiger partial charge in [0, 0.05) is 5.56 Å². The third-order valence-corrected chi connectivity index (χ3v) is 5.06. The van der Waals surface area contributed by atoms with E-state index in [9.17, 15) is 14.4 Å². The number of hydrogen-bond donors (Lipinski definition) is 3. The van der Waals surface area contributed by atoms with Crippen LogP contribution in [0.15, 0.2) is 54.6 Å². The average Bonchev–Trinajstić information content (AvgIpc) is 2.89. The van der Waals surface area contributed by atoms with Gasteiger partial charge in [0.1, 0.15) is 5.75 Å². The summed E-state index contributed by atoms with van der Waals surface area (Å²) in [5.74, 6) is -0.260. The standard InChI is InChI=1S/C25H27N3O7/c1-15(35-19-10-9-16-7-5-6-8-17(16)11-19)24(30)28-27-22(29)14-26-25(31)18-12-20(32-2)23(34-4)21(13-18)33-3/h5-13,15H,14H2,1-4H3,(H,26,31)(H,27,29)(H,28,30). The van der Waals surface area contributed by atoms with Crippen molar-refractivity contribution in [1.29, 1.82) is 0 Å². The van der Waals surface area contributed by atoms with Crippen molar-refractivity contribution < 1.29 is 33.3 Å². The van der Waals surface area contributed by atoms with Crippen LogP contribution in [-0.2, 0) is 9.59 Å². The largest absolute Gasteiger partial charge is 0.493 e. The van der Waals surface area contributed by atoms with Crippen LogP contribution in [0, 0.1) is 0 Å². The van der Waals surface area contributed by atoms with Gasteiger partial charge in [-0.25, -0.2) is 0 Å². The fourth-order valence-electron chi connectivity index (χ4n) is 3.25. The molecule has 3 aromatic carbocycles. The molecule has 35 heavy (non-hydrogen) atoms. The molecule has 0 bridgehead atoms. The van der Waals surface area contributed by atoms with Gasteiger partial charge >= 0.3 is 0 Å². The topological polar surface area (TPSA) is 124 Å². The van der Waals surface area contributed by atoms with Crippen LogP contribution in [-0.4, -0.2) is 51.7 Å². The van der Waals surface area contributed by atoms with Gasteiger partial charge in [0.2, 0.25) is 5.75 Å². The first-order valence-electron chi connectivity index (χ1n) is 10.7. The molecule has 3 aromatic rings. The van der Waals surface area contributed by atoms with E-state index in [2.05, 4.69) is 16.2 Å². The summed E-state index contributed by atoms with van der Waals surface area (Å²) in [4.78, 5) is 36.9. The molecule has 0 aliphatic rings. The lowest BCUT2D eigenvalue weighted by Gasteiger charge is -2.16. The molecule has 0 fully saturated rings. The van der Waals surface area contributed by atoms with Crippen LogP contribution < -0.4 is 35.1 Å². The monoisotopic (exact) mass is 481 g/mol. The zero-order valence-electron chi connectivity index (χ0n) is 19.8. The number of amides is 3. The maximum Gasteiger partial charge on any atom is 0.279 e. The maximum absolute atomic E-state index is 12.5. The Bertz CT molecular complexity index is 1200. The zero-order chi connectivity index (χ0) is 25.4. The molecule has 3 rings (SSSR count). The molecule has 1 unspecified atom stereocenters. The summed E-state index contributed by atoms with van der Waals surface area (Å²) in [5, 5.41) is 4.50. The third-order valence-electron chi connectivity index (χ3n) is 5.06. The van der Waals surface area contributed by atoms with Crippen molar-refractivity contribution in [3.05, 3.63) is 60.2 Å². The van der Waals surface area contributed by atoms with Gasteiger partial charge in [-0.3, -0.25) is 25.2 Å². The SMILES string of the molecule is COc1cc(C(=O)NCC(=O)NNC(=O)C(C)Oc2ccc3ccccc3c2)cc(OC)c1OC. The molecule has 1 atom stereocenters. The molecule has 0 saturated heterocycles. The zero-order valence-corrected chi connectivity index (χ0v) is 19.8. The first-order valence-corrected chi connectivity index (χ1v) is 10.7. The van der Waals surface area contributed by atoms with Crippen molar-refractivity contribution in [2.24, 2.45) is 0 Å². The fraction of sp³-hybridized carbons (Fsp3) is 0.240. The van der Waals surface area contributed by atoms with Gasteiger partial charge < -0.3 is 24.3 Å². The number of hydrazine groups is 1. The number of benzene rings is 3. The first kappa shape index (κ1) is 25.2. The van der Waals surface area contributed by atoms with Crippen LogP contribution in [0.1, 0.15) is 17.3 Å². The van der Waals surface area contributed by atoms with Crippen molar-refractivity contribution in [3.63, 3.8) is 0 Å². The second kappa shape index (κ2) is 11.6. The highest BCUT2D eigenvalue weighted by Gasteiger charge is 2.18. The van der Waals surface area contributed by atoms with Crippen molar-refractivity contribution in [3.8, 4) is 23.0 Å². The van der Waals surface area contributed by atoms with Gasteiger partial charge in [-0.15, -0.1) is 0 Å². The van der Waals surface area contributed by atoms with E-state index in [0.29, 0.717) is 23.0 Å². The lowest BCUT2D eigenvalue weighted by Crippen LogP contribution is -2.50. The maximum atomic E-state index is 12.5. The van der Waals surface area contributed by atoms with E-state index in [1.807, 2.05) is 36.4 Å². The second-order valence-corrected chi connectivity index (χ2v) is 7.40. The molecule has 10 heteroatoms. The fourth-order valence-corrected chi connectivity index (χ4v) is 3.25. The molecule has 0 radical (unpaired) electrons. The Hall–Kier alpha value is -4.47. The summed E-state index contributed by atoms with van der Waals surface area (Å²) in [5.41, 5.74) is 4.73. The highest BCUT2D eigenvalue weighted by Crippen LogP contribution is 2.38. The molecule has 0 aliphatic carbocycles. The number of nitrogens with one attached hydrogen (secondary N) is 3.